The summed E-state index contributed by atoms with van der Waals surface area (Å²) in [5, 5.41) is 9.19. The predicted molar refractivity (Wildman–Crippen MR) is 98.1 cm³/mol. The first-order valence-corrected chi connectivity index (χ1v) is 8.45. The van der Waals surface area contributed by atoms with Crippen molar-refractivity contribution in [2.75, 3.05) is 0 Å². The lowest BCUT2D eigenvalue weighted by molar-refractivity contribution is 0.176. The summed E-state index contributed by atoms with van der Waals surface area (Å²) in [6.07, 6.45) is 9.29. The third kappa shape index (κ3) is 3.11. The third-order valence-corrected chi connectivity index (χ3v) is 4.52. The maximum atomic E-state index is 4.59. The van der Waals surface area contributed by atoms with Gasteiger partial charge in [-0.15, -0.1) is 0 Å². The molecule has 0 amide bonds. The van der Waals surface area contributed by atoms with Crippen LogP contribution in [0.1, 0.15) is 11.1 Å². The fourth-order valence-electron chi connectivity index (χ4n) is 3.37. The summed E-state index contributed by atoms with van der Waals surface area (Å²) in [6, 6.07) is 25.0. The molecule has 0 radical (unpaired) electrons. The molecule has 0 unspecified atom stereocenters. The molecule has 0 aliphatic carbocycles. The van der Waals surface area contributed by atoms with Crippen molar-refractivity contribution in [2.45, 2.75) is 18.5 Å². The molecule has 0 atom stereocenters. The van der Waals surface area contributed by atoms with E-state index in [0.29, 0.717) is 0 Å². The van der Waals surface area contributed by atoms with Gasteiger partial charge in [0.25, 0.3) is 0 Å². The smallest absolute Gasteiger partial charge is 0.161 e. The zero-order chi connectivity index (χ0) is 17.0. The monoisotopic (exact) mass is 328 g/mol. The molecule has 0 saturated heterocycles. The Morgan fingerprint density at radius 2 is 1.04 bits per heavy atom. The fraction of sp³-hybridized carbons (Fsp3) is 0.143. The van der Waals surface area contributed by atoms with Gasteiger partial charge in [0.05, 0.1) is 0 Å². The summed E-state index contributed by atoms with van der Waals surface area (Å²) >= 11 is 0. The molecule has 4 aromatic rings. The second-order valence-electron chi connectivity index (χ2n) is 6.21. The Kier molecular flexibility index (Phi) is 4.17. The highest BCUT2D eigenvalue weighted by molar-refractivity contribution is 5.22. The minimum atomic E-state index is -0.435. The highest BCUT2D eigenvalue weighted by Crippen LogP contribution is 2.28. The first kappa shape index (κ1) is 15.4. The quantitative estimate of drug-likeness (QED) is 0.540. The van der Waals surface area contributed by atoms with E-state index in [1.54, 1.807) is 0 Å². The molecule has 124 valence electrons. The maximum Gasteiger partial charge on any atom is 0.161 e. The molecule has 0 aliphatic heterocycles. The molecule has 4 heteroatoms. The van der Waals surface area contributed by atoms with Crippen LogP contribution in [0.3, 0.4) is 0 Å². The Morgan fingerprint density at radius 1 is 0.600 bits per heavy atom. The highest BCUT2D eigenvalue weighted by Gasteiger charge is 2.36. The van der Waals surface area contributed by atoms with Gasteiger partial charge < -0.3 is 0 Å². The molecule has 4 nitrogen and oxygen atoms in total. The van der Waals surface area contributed by atoms with Crippen LogP contribution in [-0.2, 0) is 18.5 Å². The van der Waals surface area contributed by atoms with Crippen molar-refractivity contribution in [2.24, 2.45) is 0 Å². The van der Waals surface area contributed by atoms with E-state index in [0.717, 1.165) is 12.8 Å². The standard InChI is InChI=1S/C21H20N4/c1-3-9-19(10-4-1)17-21(24-15-7-13-22-24,25-16-8-14-23-25)18-20-11-5-2-6-12-20/h1-16H,17-18H2. The van der Waals surface area contributed by atoms with Crippen LogP contribution in [-0.4, -0.2) is 19.6 Å². The van der Waals surface area contributed by atoms with Crippen molar-refractivity contribution >= 4 is 0 Å². The van der Waals surface area contributed by atoms with Crippen molar-refractivity contribution in [3.8, 4) is 0 Å². The van der Waals surface area contributed by atoms with Crippen LogP contribution >= 0.6 is 0 Å². The Balaban J connectivity index is 1.85. The molecule has 2 aromatic carbocycles. The summed E-state index contributed by atoms with van der Waals surface area (Å²) < 4.78 is 4.06. The van der Waals surface area contributed by atoms with Crippen molar-refractivity contribution in [1.82, 2.24) is 19.6 Å². The van der Waals surface area contributed by atoms with E-state index in [-0.39, 0.29) is 0 Å². The van der Waals surface area contributed by atoms with Gasteiger partial charge in [-0.2, -0.15) is 10.2 Å². The number of rotatable bonds is 6. The van der Waals surface area contributed by atoms with Crippen LogP contribution in [0.4, 0.5) is 0 Å². The lowest BCUT2D eigenvalue weighted by Gasteiger charge is -2.35. The van der Waals surface area contributed by atoms with Gasteiger partial charge in [0.1, 0.15) is 0 Å². The topological polar surface area (TPSA) is 35.6 Å². The zero-order valence-corrected chi connectivity index (χ0v) is 13.9. The number of nitrogens with zero attached hydrogens (tertiary/aromatic N) is 4. The molecule has 0 aliphatic rings. The van der Waals surface area contributed by atoms with E-state index in [1.165, 1.54) is 11.1 Å². The Morgan fingerprint density at radius 3 is 1.40 bits per heavy atom. The summed E-state index contributed by atoms with van der Waals surface area (Å²) in [6.45, 7) is 0. The minimum Gasteiger partial charge on any atom is -0.244 e. The van der Waals surface area contributed by atoms with Crippen LogP contribution in [0.2, 0.25) is 0 Å². The highest BCUT2D eigenvalue weighted by atomic mass is 15.5. The first-order chi connectivity index (χ1) is 12.4. The minimum absolute atomic E-state index is 0.435. The largest absolute Gasteiger partial charge is 0.244 e. The predicted octanol–water partition coefficient (Wildman–Crippen LogP) is 3.77. The normalized spacial score (nSPS) is 11.5. The van der Waals surface area contributed by atoms with Gasteiger partial charge in [0.2, 0.25) is 0 Å². The lowest BCUT2D eigenvalue weighted by Crippen LogP contribution is -2.46. The fourth-order valence-corrected chi connectivity index (χ4v) is 3.37. The van der Waals surface area contributed by atoms with E-state index in [1.807, 2.05) is 58.4 Å². The molecule has 0 spiro atoms. The van der Waals surface area contributed by atoms with E-state index in [4.69, 9.17) is 0 Å². The summed E-state index contributed by atoms with van der Waals surface area (Å²) in [4.78, 5) is 0. The van der Waals surface area contributed by atoms with Crippen molar-refractivity contribution < 1.29 is 0 Å². The Labute approximate surface area is 147 Å². The number of benzene rings is 2. The van der Waals surface area contributed by atoms with Gasteiger partial charge in [-0.25, -0.2) is 9.36 Å². The molecular formula is C21H20N4. The van der Waals surface area contributed by atoms with Gasteiger partial charge in [-0.05, 0) is 23.3 Å². The summed E-state index contributed by atoms with van der Waals surface area (Å²) in [5.74, 6) is 0. The molecule has 0 fully saturated rings. The van der Waals surface area contributed by atoms with Crippen LogP contribution in [0, 0.1) is 0 Å². The molecule has 0 saturated carbocycles. The maximum absolute atomic E-state index is 4.59. The zero-order valence-electron chi connectivity index (χ0n) is 13.9. The van der Waals surface area contributed by atoms with Gasteiger partial charge in [-0.3, -0.25) is 0 Å². The molecule has 2 aromatic heterocycles. The van der Waals surface area contributed by atoms with Crippen LogP contribution in [0.15, 0.2) is 97.6 Å². The van der Waals surface area contributed by atoms with Crippen molar-refractivity contribution in [1.29, 1.82) is 0 Å². The number of hydrogen-bond donors (Lipinski definition) is 0. The van der Waals surface area contributed by atoms with Crippen LogP contribution in [0.5, 0.6) is 0 Å². The molecule has 4 rings (SSSR count). The van der Waals surface area contributed by atoms with Gasteiger partial charge in [0.15, 0.2) is 5.66 Å². The molecule has 2 heterocycles. The number of aromatic nitrogens is 4. The van der Waals surface area contributed by atoms with Gasteiger partial charge in [-0.1, -0.05) is 60.7 Å². The van der Waals surface area contributed by atoms with Crippen LogP contribution in [0.25, 0.3) is 0 Å². The van der Waals surface area contributed by atoms with E-state index >= 15 is 0 Å². The first-order valence-electron chi connectivity index (χ1n) is 8.45. The van der Waals surface area contributed by atoms with E-state index in [2.05, 4.69) is 58.7 Å². The van der Waals surface area contributed by atoms with Crippen molar-refractivity contribution in [3.63, 3.8) is 0 Å². The Bertz CT molecular complexity index is 804. The number of hydrogen-bond acceptors (Lipinski definition) is 2. The summed E-state index contributed by atoms with van der Waals surface area (Å²) in [7, 11) is 0. The SMILES string of the molecule is c1ccc(CC(Cc2ccccc2)(n2cccn2)n2cccn2)cc1. The summed E-state index contributed by atoms with van der Waals surface area (Å²) in [5.41, 5.74) is 2.07. The van der Waals surface area contributed by atoms with Gasteiger partial charge >= 0.3 is 0 Å². The second-order valence-corrected chi connectivity index (χ2v) is 6.21. The van der Waals surface area contributed by atoms with E-state index in [9.17, 15) is 0 Å². The molecular weight excluding hydrogens is 308 g/mol. The molecule has 0 bridgehead atoms. The molecule has 0 N–H and O–H groups in total. The van der Waals surface area contributed by atoms with Crippen LogP contribution < -0.4 is 0 Å². The second kappa shape index (κ2) is 6.77. The lowest BCUT2D eigenvalue weighted by atomic mass is 9.92. The van der Waals surface area contributed by atoms with Gasteiger partial charge in [0, 0.05) is 37.6 Å². The average molecular weight is 328 g/mol. The van der Waals surface area contributed by atoms with E-state index < -0.39 is 5.66 Å². The average Bonchev–Trinajstić information content (AvgIpc) is 3.37. The Hall–Kier alpha value is -3.14. The molecule has 25 heavy (non-hydrogen) atoms. The van der Waals surface area contributed by atoms with Crippen molar-refractivity contribution in [3.05, 3.63) is 109 Å². The third-order valence-electron chi connectivity index (χ3n) is 4.52.